The summed E-state index contributed by atoms with van der Waals surface area (Å²) in [6.45, 7) is 6.55. The van der Waals surface area contributed by atoms with Crippen LogP contribution in [0.5, 0.6) is 0 Å². The minimum Gasteiger partial charge on any atom is -0.356 e. The average molecular weight is 269 g/mol. The first-order valence-electron chi connectivity index (χ1n) is 7.38. The molecule has 2 atom stereocenters. The van der Waals surface area contributed by atoms with E-state index in [2.05, 4.69) is 16.0 Å². The Morgan fingerprint density at radius 3 is 2.74 bits per heavy atom. The van der Waals surface area contributed by atoms with Crippen molar-refractivity contribution in [2.24, 2.45) is 5.92 Å². The van der Waals surface area contributed by atoms with Crippen LogP contribution in [0.15, 0.2) is 0 Å². The topological polar surface area (TPSA) is 70.2 Å². The quantitative estimate of drug-likeness (QED) is 0.610. The molecule has 5 heteroatoms. The van der Waals surface area contributed by atoms with E-state index in [1.165, 1.54) is 6.42 Å². The predicted molar refractivity (Wildman–Crippen MR) is 75.7 cm³/mol. The van der Waals surface area contributed by atoms with Crippen LogP contribution in [-0.4, -0.2) is 37.5 Å². The van der Waals surface area contributed by atoms with Crippen LogP contribution in [-0.2, 0) is 9.59 Å². The number of hydrogen-bond acceptors (Lipinski definition) is 3. The second kappa shape index (κ2) is 8.91. The summed E-state index contributed by atoms with van der Waals surface area (Å²) in [4.78, 5) is 23.1. The zero-order chi connectivity index (χ0) is 14.1. The maximum absolute atomic E-state index is 11.6. The van der Waals surface area contributed by atoms with Gasteiger partial charge < -0.3 is 16.0 Å². The minimum atomic E-state index is 0.00893. The van der Waals surface area contributed by atoms with Gasteiger partial charge in [-0.25, -0.2) is 0 Å². The summed E-state index contributed by atoms with van der Waals surface area (Å²) in [5, 5.41) is 8.98. The average Bonchev–Trinajstić information content (AvgIpc) is 2.89. The molecule has 0 spiro atoms. The maximum atomic E-state index is 11.6. The lowest BCUT2D eigenvalue weighted by molar-refractivity contribution is -0.122. The molecule has 1 rings (SSSR count). The molecule has 110 valence electrons. The van der Waals surface area contributed by atoms with Crippen LogP contribution < -0.4 is 16.0 Å². The van der Waals surface area contributed by atoms with Gasteiger partial charge >= 0.3 is 0 Å². The standard InChI is InChI=1S/C14H27N3O2/c1-3-11(2)17-14(19)7-9-16-13(18)5-4-12-6-8-15-10-12/h11-12,15H,3-10H2,1-2H3,(H,16,18)(H,17,19). The van der Waals surface area contributed by atoms with Crippen LogP contribution in [0.1, 0.15) is 46.0 Å². The van der Waals surface area contributed by atoms with Crippen molar-refractivity contribution < 1.29 is 9.59 Å². The van der Waals surface area contributed by atoms with E-state index in [-0.39, 0.29) is 17.9 Å². The van der Waals surface area contributed by atoms with E-state index >= 15 is 0 Å². The van der Waals surface area contributed by atoms with Crippen LogP contribution in [0.25, 0.3) is 0 Å². The summed E-state index contributed by atoms with van der Waals surface area (Å²) >= 11 is 0. The Bertz CT molecular complexity index is 288. The summed E-state index contributed by atoms with van der Waals surface area (Å²) in [6, 6.07) is 0.207. The molecule has 1 heterocycles. The van der Waals surface area contributed by atoms with E-state index in [0.29, 0.717) is 25.3 Å². The first-order chi connectivity index (χ1) is 9.11. The SMILES string of the molecule is CCC(C)NC(=O)CCNC(=O)CCC1CCNC1. The van der Waals surface area contributed by atoms with Crippen molar-refractivity contribution in [1.29, 1.82) is 0 Å². The highest BCUT2D eigenvalue weighted by atomic mass is 16.2. The van der Waals surface area contributed by atoms with Crippen molar-refractivity contribution in [2.75, 3.05) is 19.6 Å². The van der Waals surface area contributed by atoms with Gasteiger partial charge in [0.2, 0.25) is 11.8 Å². The van der Waals surface area contributed by atoms with Gasteiger partial charge in [-0.1, -0.05) is 6.92 Å². The second-order valence-corrected chi connectivity index (χ2v) is 5.37. The Labute approximate surface area is 115 Å². The highest BCUT2D eigenvalue weighted by Crippen LogP contribution is 2.13. The number of rotatable bonds is 8. The molecule has 1 aliphatic heterocycles. The first kappa shape index (κ1) is 16.0. The molecule has 0 bridgehead atoms. The van der Waals surface area contributed by atoms with E-state index in [1.807, 2.05) is 13.8 Å². The molecule has 1 saturated heterocycles. The number of nitrogens with one attached hydrogen (secondary N) is 3. The van der Waals surface area contributed by atoms with Crippen molar-refractivity contribution >= 4 is 11.8 Å². The lowest BCUT2D eigenvalue weighted by atomic mass is 10.0. The molecule has 0 aromatic carbocycles. The molecule has 0 aliphatic carbocycles. The summed E-state index contributed by atoms with van der Waals surface area (Å²) in [6.07, 6.45) is 3.97. The lowest BCUT2D eigenvalue weighted by Gasteiger charge is -2.12. The summed E-state index contributed by atoms with van der Waals surface area (Å²) < 4.78 is 0. The van der Waals surface area contributed by atoms with Gasteiger partial charge in [-0.05, 0) is 45.2 Å². The third-order valence-corrected chi connectivity index (χ3v) is 3.64. The second-order valence-electron chi connectivity index (χ2n) is 5.37. The molecule has 0 saturated carbocycles. The highest BCUT2D eigenvalue weighted by molar-refractivity contribution is 5.79. The van der Waals surface area contributed by atoms with Crippen molar-refractivity contribution in [2.45, 2.75) is 52.0 Å². The van der Waals surface area contributed by atoms with Crippen molar-refractivity contribution in [3.05, 3.63) is 0 Å². The molecular weight excluding hydrogens is 242 g/mol. The van der Waals surface area contributed by atoms with Crippen LogP contribution in [0, 0.1) is 5.92 Å². The smallest absolute Gasteiger partial charge is 0.221 e. The lowest BCUT2D eigenvalue weighted by Crippen LogP contribution is -2.35. The molecule has 2 unspecified atom stereocenters. The van der Waals surface area contributed by atoms with Crippen LogP contribution >= 0.6 is 0 Å². The Hall–Kier alpha value is -1.10. The summed E-state index contributed by atoms with van der Waals surface area (Å²) in [5.41, 5.74) is 0. The van der Waals surface area contributed by atoms with E-state index in [0.717, 1.165) is 25.9 Å². The van der Waals surface area contributed by atoms with Gasteiger partial charge in [0, 0.05) is 25.4 Å². The Kier molecular flexibility index (Phi) is 7.48. The van der Waals surface area contributed by atoms with Gasteiger partial charge in [0.15, 0.2) is 0 Å². The molecule has 0 radical (unpaired) electrons. The number of amides is 2. The number of carbonyl (C=O) groups excluding carboxylic acids is 2. The van der Waals surface area contributed by atoms with Gasteiger partial charge in [-0.2, -0.15) is 0 Å². The fourth-order valence-electron chi connectivity index (χ4n) is 2.15. The molecule has 0 aromatic heterocycles. The maximum Gasteiger partial charge on any atom is 0.221 e. The van der Waals surface area contributed by atoms with E-state index < -0.39 is 0 Å². The monoisotopic (exact) mass is 269 g/mol. The fourth-order valence-corrected chi connectivity index (χ4v) is 2.15. The fraction of sp³-hybridized carbons (Fsp3) is 0.857. The van der Waals surface area contributed by atoms with Gasteiger partial charge in [0.1, 0.15) is 0 Å². The van der Waals surface area contributed by atoms with Crippen LogP contribution in [0.2, 0.25) is 0 Å². The molecule has 19 heavy (non-hydrogen) atoms. The van der Waals surface area contributed by atoms with E-state index in [4.69, 9.17) is 0 Å². The minimum absolute atomic E-state index is 0.00893. The molecule has 0 aromatic rings. The third-order valence-electron chi connectivity index (χ3n) is 3.64. The Balaban J connectivity index is 2.01. The van der Waals surface area contributed by atoms with Gasteiger partial charge in [-0.3, -0.25) is 9.59 Å². The molecule has 5 nitrogen and oxygen atoms in total. The molecule has 1 fully saturated rings. The number of hydrogen-bond donors (Lipinski definition) is 3. The molecule has 3 N–H and O–H groups in total. The predicted octanol–water partition coefficient (Wildman–Crippen LogP) is 0.797. The molecule has 1 aliphatic rings. The van der Waals surface area contributed by atoms with E-state index in [1.54, 1.807) is 0 Å². The summed E-state index contributed by atoms with van der Waals surface area (Å²) in [7, 11) is 0. The third kappa shape index (κ3) is 7.15. The van der Waals surface area contributed by atoms with Gasteiger partial charge in [0.05, 0.1) is 0 Å². The molecular formula is C14H27N3O2. The summed E-state index contributed by atoms with van der Waals surface area (Å²) in [5.74, 6) is 0.706. The first-order valence-corrected chi connectivity index (χ1v) is 7.38. The van der Waals surface area contributed by atoms with Crippen LogP contribution in [0.4, 0.5) is 0 Å². The van der Waals surface area contributed by atoms with E-state index in [9.17, 15) is 9.59 Å². The largest absolute Gasteiger partial charge is 0.356 e. The highest BCUT2D eigenvalue weighted by Gasteiger charge is 2.15. The van der Waals surface area contributed by atoms with Gasteiger partial charge in [0.25, 0.3) is 0 Å². The zero-order valence-electron chi connectivity index (χ0n) is 12.1. The Morgan fingerprint density at radius 2 is 2.11 bits per heavy atom. The van der Waals surface area contributed by atoms with Crippen molar-refractivity contribution in [3.8, 4) is 0 Å². The van der Waals surface area contributed by atoms with Crippen molar-refractivity contribution in [1.82, 2.24) is 16.0 Å². The molecule has 2 amide bonds. The van der Waals surface area contributed by atoms with Crippen LogP contribution in [0.3, 0.4) is 0 Å². The zero-order valence-corrected chi connectivity index (χ0v) is 12.1. The normalized spacial score (nSPS) is 20.0. The van der Waals surface area contributed by atoms with Crippen molar-refractivity contribution in [3.63, 3.8) is 0 Å². The number of carbonyl (C=O) groups is 2. The van der Waals surface area contributed by atoms with Gasteiger partial charge in [-0.15, -0.1) is 0 Å². The Morgan fingerprint density at radius 1 is 1.32 bits per heavy atom.